The highest BCUT2D eigenvalue weighted by atomic mass is 16.1. The summed E-state index contributed by atoms with van der Waals surface area (Å²) in [4.78, 5) is 12.0. The maximum Gasteiger partial charge on any atom is 0.269 e. The standard InChI is InChI=1S/C15H21N5O/c1-2-16-13-9-15(21)20(17-10-13)11-12-7-8-19(18-12)14-5-3-4-6-14/h7-10,14,16H,2-6,11H2,1H3. The number of nitrogens with zero attached hydrogens (tertiary/aromatic N) is 4. The summed E-state index contributed by atoms with van der Waals surface area (Å²) in [6.07, 6.45) is 8.68. The van der Waals surface area contributed by atoms with Gasteiger partial charge in [0.2, 0.25) is 0 Å². The molecule has 6 nitrogen and oxygen atoms in total. The largest absolute Gasteiger partial charge is 0.384 e. The van der Waals surface area contributed by atoms with E-state index in [4.69, 9.17) is 0 Å². The Balaban J connectivity index is 1.73. The van der Waals surface area contributed by atoms with Crippen molar-refractivity contribution in [1.29, 1.82) is 0 Å². The van der Waals surface area contributed by atoms with Crippen molar-refractivity contribution in [1.82, 2.24) is 19.6 Å². The average Bonchev–Trinajstić information content (AvgIpc) is 3.13. The number of hydrogen-bond donors (Lipinski definition) is 1. The monoisotopic (exact) mass is 287 g/mol. The van der Waals surface area contributed by atoms with E-state index < -0.39 is 0 Å². The summed E-state index contributed by atoms with van der Waals surface area (Å²) in [6, 6.07) is 4.08. The molecule has 2 aromatic rings. The lowest BCUT2D eigenvalue weighted by Crippen LogP contribution is -2.23. The Kier molecular flexibility index (Phi) is 4.03. The van der Waals surface area contributed by atoms with E-state index >= 15 is 0 Å². The molecule has 1 saturated carbocycles. The third-order valence-corrected chi connectivity index (χ3v) is 3.92. The zero-order valence-electron chi connectivity index (χ0n) is 12.3. The van der Waals surface area contributed by atoms with Crippen LogP contribution >= 0.6 is 0 Å². The molecule has 112 valence electrons. The van der Waals surface area contributed by atoms with Crippen LogP contribution in [0, 0.1) is 0 Å². The first-order chi connectivity index (χ1) is 10.3. The van der Waals surface area contributed by atoms with Crippen molar-refractivity contribution in [3.05, 3.63) is 40.6 Å². The number of anilines is 1. The van der Waals surface area contributed by atoms with Crippen LogP contribution in [0.25, 0.3) is 0 Å². The quantitative estimate of drug-likeness (QED) is 0.914. The lowest BCUT2D eigenvalue weighted by molar-refractivity contribution is 0.459. The van der Waals surface area contributed by atoms with Gasteiger partial charge in [0.15, 0.2) is 0 Å². The summed E-state index contributed by atoms with van der Waals surface area (Å²) in [7, 11) is 0. The summed E-state index contributed by atoms with van der Waals surface area (Å²) in [5.74, 6) is 0. The van der Waals surface area contributed by atoms with Crippen LogP contribution < -0.4 is 10.9 Å². The predicted octanol–water partition coefficient (Wildman–Crippen LogP) is 2.04. The molecule has 0 atom stereocenters. The molecule has 3 rings (SSSR count). The lowest BCUT2D eigenvalue weighted by Gasteiger charge is -2.09. The minimum Gasteiger partial charge on any atom is -0.384 e. The Morgan fingerprint density at radius 3 is 2.90 bits per heavy atom. The maximum atomic E-state index is 12.0. The van der Waals surface area contributed by atoms with Gasteiger partial charge in [0.25, 0.3) is 5.56 Å². The van der Waals surface area contributed by atoms with Crippen molar-refractivity contribution in [2.45, 2.75) is 45.2 Å². The van der Waals surface area contributed by atoms with Gasteiger partial charge >= 0.3 is 0 Å². The van der Waals surface area contributed by atoms with Gasteiger partial charge in [0, 0.05) is 18.8 Å². The molecule has 0 saturated heterocycles. The average molecular weight is 287 g/mol. The molecule has 21 heavy (non-hydrogen) atoms. The molecule has 0 spiro atoms. The van der Waals surface area contributed by atoms with Crippen molar-refractivity contribution in [2.24, 2.45) is 0 Å². The molecule has 0 radical (unpaired) electrons. The maximum absolute atomic E-state index is 12.0. The number of aromatic nitrogens is 4. The summed E-state index contributed by atoms with van der Waals surface area (Å²) in [5.41, 5.74) is 1.53. The normalized spacial score (nSPS) is 15.5. The van der Waals surface area contributed by atoms with E-state index in [0.717, 1.165) is 17.9 Å². The van der Waals surface area contributed by atoms with Crippen molar-refractivity contribution < 1.29 is 0 Å². The molecule has 1 aliphatic carbocycles. The van der Waals surface area contributed by atoms with Gasteiger partial charge in [-0.15, -0.1) is 0 Å². The molecule has 6 heteroatoms. The second-order valence-corrected chi connectivity index (χ2v) is 5.50. The van der Waals surface area contributed by atoms with E-state index in [1.165, 1.54) is 30.4 Å². The van der Waals surface area contributed by atoms with Crippen LogP contribution in [0.1, 0.15) is 44.3 Å². The first kappa shape index (κ1) is 13.9. The number of hydrogen-bond acceptors (Lipinski definition) is 4. The van der Waals surface area contributed by atoms with Crippen LogP contribution in [0.2, 0.25) is 0 Å². The molecule has 2 heterocycles. The molecule has 0 amide bonds. The van der Waals surface area contributed by atoms with E-state index in [0.29, 0.717) is 12.6 Å². The number of nitrogens with one attached hydrogen (secondary N) is 1. The molecule has 0 aromatic carbocycles. The van der Waals surface area contributed by atoms with E-state index in [1.807, 2.05) is 23.9 Å². The zero-order chi connectivity index (χ0) is 14.7. The number of rotatable bonds is 5. The van der Waals surface area contributed by atoms with E-state index in [2.05, 4.69) is 15.5 Å². The Bertz CT molecular complexity index is 654. The van der Waals surface area contributed by atoms with Gasteiger partial charge in [-0.1, -0.05) is 12.8 Å². The van der Waals surface area contributed by atoms with Crippen molar-refractivity contribution in [3.8, 4) is 0 Å². The minimum absolute atomic E-state index is 0.108. The lowest BCUT2D eigenvalue weighted by atomic mass is 10.3. The fraction of sp³-hybridized carbons (Fsp3) is 0.533. The van der Waals surface area contributed by atoms with Crippen LogP contribution in [-0.4, -0.2) is 26.1 Å². The molecular weight excluding hydrogens is 266 g/mol. The molecule has 2 aromatic heterocycles. The molecule has 1 N–H and O–H groups in total. The third kappa shape index (κ3) is 3.15. The SMILES string of the molecule is CCNc1cnn(Cc2ccn(C3CCCC3)n2)c(=O)c1. The zero-order valence-corrected chi connectivity index (χ0v) is 12.3. The Morgan fingerprint density at radius 1 is 1.38 bits per heavy atom. The van der Waals surface area contributed by atoms with Crippen molar-refractivity contribution >= 4 is 5.69 Å². The Morgan fingerprint density at radius 2 is 2.19 bits per heavy atom. The molecule has 0 bridgehead atoms. The highest BCUT2D eigenvalue weighted by molar-refractivity contribution is 5.38. The highest BCUT2D eigenvalue weighted by Gasteiger charge is 2.17. The summed E-state index contributed by atoms with van der Waals surface area (Å²) < 4.78 is 3.49. The first-order valence-corrected chi connectivity index (χ1v) is 7.61. The van der Waals surface area contributed by atoms with Crippen LogP contribution in [0.4, 0.5) is 5.69 Å². The fourth-order valence-corrected chi connectivity index (χ4v) is 2.84. The first-order valence-electron chi connectivity index (χ1n) is 7.61. The van der Waals surface area contributed by atoms with Crippen LogP contribution in [0.15, 0.2) is 29.3 Å². The van der Waals surface area contributed by atoms with Crippen molar-refractivity contribution in [3.63, 3.8) is 0 Å². The van der Waals surface area contributed by atoms with E-state index in [-0.39, 0.29) is 5.56 Å². The van der Waals surface area contributed by atoms with Crippen molar-refractivity contribution in [2.75, 3.05) is 11.9 Å². The van der Waals surface area contributed by atoms with Gasteiger partial charge in [0.1, 0.15) is 0 Å². The van der Waals surface area contributed by atoms with Crippen LogP contribution in [0.5, 0.6) is 0 Å². The smallest absolute Gasteiger partial charge is 0.269 e. The van der Waals surface area contributed by atoms with Gasteiger partial charge in [-0.05, 0) is 25.8 Å². The minimum atomic E-state index is -0.108. The van der Waals surface area contributed by atoms with E-state index in [1.54, 1.807) is 12.3 Å². The second kappa shape index (κ2) is 6.11. The van der Waals surface area contributed by atoms with Gasteiger partial charge in [-0.3, -0.25) is 9.48 Å². The molecular formula is C15H21N5O. The molecule has 1 fully saturated rings. The van der Waals surface area contributed by atoms with Gasteiger partial charge in [-0.25, -0.2) is 4.68 Å². The second-order valence-electron chi connectivity index (χ2n) is 5.50. The summed E-state index contributed by atoms with van der Waals surface area (Å²) in [5, 5.41) is 11.9. The van der Waals surface area contributed by atoms with Gasteiger partial charge in [0.05, 0.1) is 30.2 Å². The topological polar surface area (TPSA) is 64.7 Å². The molecule has 0 aliphatic heterocycles. The van der Waals surface area contributed by atoms with Crippen LogP contribution in [0.3, 0.4) is 0 Å². The summed E-state index contributed by atoms with van der Waals surface area (Å²) >= 11 is 0. The fourth-order valence-electron chi connectivity index (χ4n) is 2.84. The van der Waals surface area contributed by atoms with Gasteiger partial charge < -0.3 is 5.32 Å². The molecule has 1 aliphatic rings. The Hall–Kier alpha value is -2.11. The van der Waals surface area contributed by atoms with Gasteiger partial charge in [-0.2, -0.15) is 10.2 Å². The predicted molar refractivity (Wildman–Crippen MR) is 81.5 cm³/mol. The highest BCUT2D eigenvalue weighted by Crippen LogP contribution is 2.28. The van der Waals surface area contributed by atoms with E-state index in [9.17, 15) is 4.79 Å². The third-order valence-electron chi connectivity index (χ3n) is 3.92. The summed E-state index contributed by atoms with van der Waals surface area (Å²) in [6.45, 7) is 3.18. The molecule has 0 unspecified atom stereocenters. The Labute approximate surface area is 123 Å². The van der Waals surface area contributed by atoms with Crippen LogP contribution in [-0.2, 0) is 6.54 Å².